The molecule has 0 aliphatic heterocycles. The highest BCUT2D eigenvalue weighted by Crippen LogP contribution is 2.18. The van der Waals surface area contributed by atoms with Crippen LogP contribution in [0.4, 0.5) is 0 Å². The van der Waals surface area contributed by atoms with Gasteiger partial charge in [-0.3, -0.25) is 24.0 Å². The van der Waals surface area contributed by atoms with Crippen LogP contribution in [0.1, 0.15) is 25.3 Å². The normalized spacial score (nSPS) is 14.6. The molecule has 0 unspecified atom stereocenters. The molecule has 1 heterocycles. The van der Waals surface area contributed by atoms with Crippen LogP contribution in [0.3, 0.4) is 0 Å². The van der Waals surface area contributed by atoms with Crippen molar-refractivity contribution in [2.75, 3.05) is 13.2 Å². The molecular formula is C25H34N6O10. The molecule has 0 bridgehead atoms. The summed E-state index contributed by atoms with van der Waals surface area (Å²) in [7, 11) is 0. The third-order valence-corrected chi connectivity index (χ3v) is 6.10. The lowest BCUT2D eigenvalue weighted by atomic mass is 10.0. The van der Waals surface area contributed by atoms with Crippen LogP contribution in [0.2, 0.25) is 0 Å². The molecule has 0 saturated carbocycles. The van der Waals surface area contributed by atoms with Gasteiger partial charge >= 0.3 is 11.9 Å². The number of aromatic amines is 1. The summed E-state index contributed by atoms with van der Waals surface area (Å²) in [4.78, 5) is 75.7. The highest BCUT2D eigenvalue weighted by molar-refractivity contribution is 5.95. The van der Waals surface area contributed by atoms with Crippen LogP contribution >= 0.6 is 0 Å². The number of carbonyl (C=O) groups is 6. The zero-order chi connectivity index (χ0) is 30.7. The molecule has 0 fully saturated rings. The van der Waals surface area contributed by atoms with E-state index in [0.717, 1.165) is 16.5 Å². The molecule has 224 valence electrons. The molecule has 1 aromatic heterocycles. The Morgan fingerprint density at radius 3 is 2.02 bits per heavy atom. The van der Waals surface area contributed by atoms with Crippen LogP contribution in [0.5, 0.6) is 0 Å². The van der Waals surface area contributed by atoms with Crippen LogP contribution in [0, 0.1) is 0 Å². The minimum atomic E-state index is -1.62. The van der Waals surface area contributed by atoms with E-state index in [2.05, 4.69) is 20.9 Å². The van der Waals surface area contributed by atoms with Crippen molar-refractivity contribution in [3.05, 3.63) is 36.0 Å². The second-order valence-corrected chi connectivity index (χ2v) is 9.22. The number of benzene rings is 1. The third kappa shape index (κ3) is 9.55. The fourth-order valence-corrected chi connectivity index (χ4v) is 3.77. The van der Waals surface area contributed by atoms with Gasteiger partial charge in [0.25, 0.3) is 0 Å². The van der Waals surface area contributed by atoms with Crippen LogP contribution in [0.25, 0.3) is 10.9 Å². The number of aliphatic hydroxyl groups is 2. The Balaban J connectivity index is 2.04. The van der Waals surface area contributed by atoms with Crippen LogP contribution in [-0.4, -0.2) is 104 Å². The number of hydrogen-bond donors (Lipinski definition) is 10. The van der Waals surface area contributed by atoms with Gasteiger partial charge in [-0.15, -0.1) is 0 Å². The molecule has 4 amide bonds. The van der Waals surface area contributed by atoms with E-state index in [1.165, 1.54) is 6.92 Å². The molecule has 11 N–H and O–H groups in total. The standard InChI is InChI=1S/C25H34N6O10/c1-12(21(36)31-19(11-33)25(40)41)28-24(39)18(10-32)30-23(38)17(6-7-20(34)35)29-22(37)15(26)8-13-9-27-16-5-3-2-4-14(13)16/h2-5,9,12,15,17-19,27,32-33H,6-8,10-11,26H2,1H3,(H,28,39)(H,29,37)(H,30,38)(H,31,36)(H,34,35)(H,40,41)/t12-,15-,17-,18-,19-/m0/s1. The number of carboxylic acids is 2. The van der Waals surface area contributed by atoms with Crippen LogP contribution in [0.15, 0.2) is 30.5 Å². The number of H-pyrrole nitrogens is 1. The van der Waals surface area contributed by atoms with Crippen molar-refractivity contribution in [2.45, 2.75) is 56.4 Å². The number of aromatic nitrogens is 1. The van der Waals surface area contributed by atoms with Gasteiger partial charge in [-0.2, -0.15) is 0 Å². The predicted molar refractivity (Wildman–Crippen MR) is 142 cm³/mol. The van der Waals surface area contributed by atoms with E-state index < -0.39 is 85.4 Å². The summed E-state index contributed by atoms with van der Waals surface area (Å²) >= 11 is 0. The summed E-state index contributed by atoms with van der Waals surface area (Å²) in [6.07, 6.45) is 0.926. The van der Waals surface area contributed by atoms with Crippen molar-refractivity contribution in [1.29, 1.82) is 0 Å². The summed E-state index contributed by atoms with van der Waals surface area (Å²) in [5, 5.41) is 46.3. The van der Waals surface area contributed by atoms with Gasteiger partial charge in [0.15, 0.2) is 0 Å². The quantitative estimate of drug-likeness (QED) is 0.0954. The van der Waals surface area contributed by atoms with Gasteiger partial charge in [-0.1, -0.05) is 18.2 Å². The SMILES string of the molecule is C[C@H](NC(=O)[C@H](CO)NC(=O)[C@H](CCC(=O)O)NC(=O)[C@@H](N)Cc1c[nH]c2ccccc12)C(=O)N[C@@H](CO)C(=O)O. The first-order valence-electron chi connectivity index (χ1n) is 12.6. The summed E-state index contributed by atoms with van der Waals surface area (Å²) in [6, 6.07) is 0.242. The Morgan fingerprint density at radius 1 is 0.829 bits per heavy atom. The average molecular weight is 579 g/mol. The number of aliphatic carboxylic acids is 2. The van der Waals surface area contributed by atoms with Gasteiger partial charge in [0.2, 0.25) is 23.6 Å². The molecule has 2 rings (SSSR count). The molecule has 5 atom stereocenters. The maximum atomic E-state index is 12.9. The van der Waals surface area contributed by atoms with Gasteiger partial charge in [0, 0.05) is 23.5 Å². The minimum Gasteiger partial charge on any atom is -0.481 e. The fraction of sp³-hybridized carbons (Fsp3) is 0.440. The number of nitrogens with one attached hydrogen (secondary N) is 5. The first-order chi connectivity index (χ1) is 19.4. The van der Waals surface area contributed by atoms with Gasteiger partial charge in [-0.25, -0.2) is 4.79 Å². The molecule has 2 aromatic rings. The van der Waals surface area contributed by atoms with Crippen molar-refractivity contribution in [2.24, 2.45) is 5.73 Å². The lowest BCUT2D eigenvalue weighted by Crippen LogP contribution is -2.59. The lowest BCUT2D eigenvalue weighted by molar-refractivity contribution is -0.143. The number of hydrogen-bond acceptors (Lipinski definition) is 9. The largest absolute Gasteiger partial charge is 0.481 e. The van der Waals surface area contributed by atoms with Crippen LogP contribution < -0.4 is 27.0 Å². The monoisotopic (exact) mass is 578 g/mol. The highest BCUT2D eigenvalue weighted by Gasteiger charge is 2.30. The van der Waals surface area contributed by atoms with E-state index in [-0.39, 0.29) is 12.8 Å². The molecule has 0 saturated heterocycles. The first kappa shape index (κ1) is 32.7. The van der Waals surface area contributed by atoms with Crippen molar-refractivity contribution in [3.8, 4) is 0 Å². The average Bonchev–Trinajstić information content (AvgIpc) is 3.34. The Hall–Kier alpha value is -4.54. The molecule has 0 radical (unpaired) electrons. The maximum Gasteiger partial charge on any atom is 0.328 e. The minimum absolute atomic E-state index is 0.101. The fourth-order valence-electron chi connectivity index (χ4n) is 3.77. The topological polar surface area (TPSA) is 273 Å². The second kappa shape index (κ2) is 15.3. The molecule has 0 aliphatic carbocycles. The second-order valence-electron chi connectivity index (χ2n) is 9.22. The molecule has 0 aliphatic rings. The van der Waals surface area contributed by atoms with Crippen molar-refractivity contribution >= 4 is 46.5 Å². The number of carbonyl (C=O) groups excluding carboxylic acids is 4. The van der Waals surface area contributed by atoms with E-state index in [0.29, 0.717) is 0 Å². The third-order valence-electron chi connectivity index (χ3n) is 6.10. The van der Waals surface area contributed by atoms with Gasteiger partial charge in [-0.05, 0) is 31.4 Å². The number of amides is 4. The van der Waals surface area contributed by atoms with Crippen molar-refractivity contribution in [1.82, 2.24) is 26.3 Å². The summed E-state index contributed by atoms with van der Waals surface area (Å²) in [6.45, 7) is -0.628. The lowest BCUT2D eigenvalue weighted by Gasteiger charge is -2.24. The Kier molecular flexibility index (Phi) is 12.2. The number of fused-ring (bicyclic) bond motifs is 1. The van der Waals surface area contributed by atoms with Gasteiger partial charge < -0.3 is 52.4 Å². The smallest absolute Gasteiger partial charge is 0.328 e. The van der Waals surface area contributed by atoms with Gasteiger partial charge in [0.1, 0.15) is 24.2 Å². The molecule has 0 spiro atoms. The number of rotatable bonds is 16. The van der Waals surface area contributed by atoms with Crippen LogP contribution in [-0.2, 0) is 35.2 Å². The number of para-hydroxylation sites is 1. The molecule has 1 aromatic carbocycles. The number of carboxylic acid groups (broad SMARTS) is 2. The van der Waals surface area contributed by atoms with E-state index >= 15 is 0 Å². The summed E-state index contributed by atoms with van der Waals surface area (Å²) in [5.74, 6) is -6.49. The van der Waals surface area contributed by atoms with E-state index in [1.807, 2.05) is 29.6 Å². The van der Waals surface area contributed by atoms with E-state index in [1.54, 1.807) is 6.20 Å². The Labute approximate surface area is 233 Å². The summed E-state index contributed by atoms with van der Waals surface area (Å²) in [5.41, 5.74) is 7.64. The Bertz CT molecular complexity index is 1260. The predicted octanol–water partition coefficient (Wildman–Crippen LogP) is -3.07. The molecule has 16 heteroatoms. The highest BCUT2D eigenvalue weighted by atomic mass is 16.4. The van der Waals surface area contributed by atoms with E-state index in [9.17, 15) is 33.9 Å². The van der Waals surface area contributed by atoms with Crippen molar-refractivity contribution < 1.29 is 49.2 Å². The zero-order valence-corrected chi connectivity index (χ0v) is 22.1. The number of nitrogens with two attached hydrogens (primary N) is 1. The van der Waals surface area contributed by atoms with Crippen molar-refractivity contribution in [3.63, 3.8) is 0 Å². The maximum absolute atomic E-state index is 12.9. The number of aliphatic hydroxyl groups excluding tert-OH is 2. The zero-order valence-electron chi connectivity index (χ0n) is 22.1. The summed E-state index contributed by atoms with van der Waals surface area (Å²) < 4.78 is 0. The molecular weight excluding hydrogens is 544 g/mol. The molecule has 16 nitrogen and oxygen atoms in total. The van der Waals surface area contributed by atoms with Gasteiger partial charge in [0.05, 0.1) is 19.3 Å². The Morgan fingerprint density at radius 2 is 1.41 bits per heavy atom. The molecule has 41 heavy (non-hydrogen) atoms. The first-order valence-corrected chi connectivity index (χ1v) is 12.6. The van der Waals surface area contributed by atoms with E-state index in [4.69, 9.17) is 21.1 Å².